The first-order valence-corrected chi connectivity index (χ1v) is 7.92. The van der Waals surface area contributed by atoms with Crippen molar-refractivity contribution in [2.75, 3.05) is 32.7 Å². The minimum atomic E-state index is 0.408. The molecule has 2 fully saturated rings. The number of nitrogens with two attached hydrogens (primary N) is 1. The second-order valence-corrected chi connectivity index (χ2v) is 6.30. The van der Waals surface area contributed by atoms with Gasteiger partial charge in [-0.05, 0) is 32.2 Å². The third-order valence-corrected chi connectivity index (χ3v) is 4.98. The lowest BCUT2D eigenvalue weighted by atomic mass is 9.84. The van der Waals surface area contributed by atoms with Gasteiger partial charge in [0.05, 0.1) is 0 Å². The first kappa shape index (κ1) is 14.3. The molecule has 0 aromatic carbocycles. The van der Waals surface area contributed by atoms with Crippen molar-refractivity contribution in [1.82, 2.24) is 9.80 Å². The molecule has 1 saturated carbocycles. The predicted octanol–water partition coefficient (Wildman–Crippen LogP) is 1.92. The third-order valence-electron chi connectivity index (χ3n) is 4.98. The molecule has 3 heteroatoms. The molecule has 1 aliphatic carbocycles. The molecule has 0 aromatic rings. The fraction of sp³-hybridized carbons (Fsp3) is 1.00. The highest BCUT2D eigenvalue weighted by Crippen LogP contribution is 2.26. The van der Waals surface area contributed by atoms with Crippen LogP contribution < -0.4 is 5.73 Å². The first-order valence-electron chi connectivity index (χ1n) is 7.92. The van der Waals surface area contributed by atoms with E-state index < -0.39 is 0 Å². The highest BCUT2D eigenvalue weighted by atomic mass is 15.3. The molecule has 0 bridgehead atoms. The minimum absolute atomic E-state index is 0.408. The molecule has 2 aliphatic rings. The Hall–Kier alpha value is -0.120. The summed E-state index contributed by atoms with van der Waals surface area (Å²) in [5.41, 5.74) is 6.44. The van der Waals surface area contributed by atoms with Crippen LogP contribution in [-0.2, 0) is 0 Å². The fourth-order valence-corrected chi connectivity index (χ4v) is 3.72. The molecule has 0 aromatic heterocycles. The van der Waals surface area contributed by atoms with Gasteiger partial charge in [-0.3, -0.25) is 9.80 Å². The maximum absolute atomic E-state index is 6.44. The molecular formula is C15H31N3. The number of likely N-dealkylation sites (N-methyl/N-ethyl adjacent to an activating group) is 1. The molecule has 1 heterocycles. The summed E-state index contributed by atoms with van der Waals surface area (Å²) in [5.74, 6) is 0.790. The Morgan fingerprint density at radius 3 is 2.50 bits per heavy atom. The van der Waals surface area contributed by atoms with E-state index in [-0.39, 0.29) is 0 Å². The minimum Gasteiger partial charge on any atom is -0.326 e. The number of nitrogens with zero attached hydrogens (tertiary/aromatic N) is 2. The van der Waals surface area contributed by atoms with Gasteiger partial charge < -0.3 is 5.73 Å². The van der Waals surface area contributed by atoms with E-state index in [1.165, 1.54) is 58.3 Å². The fourth-order valence-electron chi connectivity index (χ4n) is 3.72. The average Bonchev–Trinajstić information content (AvgIpc) is 2.40. The third kappa shape index (κ3) is 3.69. The van der Waals surface area contributed by atoms with Crippen molar-refractivity contribution >= 4 is 0 Å². The van der Waals surface area contributed by atoms with Crippen LogP contribution in [0, 0.1) is 5.92 Å². The highest BCUT2D eigenvalue weighted by Gasteiger charge is 2.26. The molecule has 0 radical (unpaired) electrons. The SMILES string of the molecule is CCN1CCN(CC(N)C2CCCCC2)CC1C. The molecule has 0 amide bonds. The van der Waals surface area contributed by atoms with Crippen LogP contribution in [0.1, 0.15) is 46.0 Å². The zero-order valence-corrected chi connectivity index (χ0v) is 12.3. The molecule has 2 unspecified atom stereocenters. The Morgan fingerprint density at radius 2 is 1.89 bits per heavy atom. The van der Waals surface area contributed by atoms with Gasteiger partial charge in [0.2, 0.25) is 0 Å². The summed E-state index contributed by atoms with van der Waals surface area (Å²) in [4.78, 5) is 5.17. The maximum Gasteiger partial charge on any atom is 0.0196 e. The van der Waals surface area contributed by atoms with Crippen molar-refractivity contribution in [3.8, 4) is 0 Å². The van der Waals surface area contributed by atoms with Gasteiger partial charge in [0.1, 0.15) is 0 Å². The summed E-state index contributed by atoms with van der Waals surface area (Å²) in [6, 6.07) is 1.10. The lowest BCUT2D eigenvalue weighted by Crippen LogP contribution is -2.55. The van der Waals surface area contributed by atoms with Crippen molar-refractivity contribution in [3.63, 3.8) is 0 Å². The largest absolute Gasteiger partial charge is 0.326 e. The Morgan fingerprint density at radius 1 is 1.17 bits per heavy atom. The van der Waals surface area contributed by atoms with E-state index in [9.17, 15) is 0 Å². The monoisotopic (exact) mass is 253 g/mol. The van der Waals surface area contributed by atoms with E-state index in [4.69, 9.17) is 5.73 Å². The summed E-state index contributed by atoms with van der Waals surface area (Å²) in [7, 11) is 0. The van der Waals surface area contributed by atoms with Crippen LogP contribution in [0.4, 0.5) is 0 Å². The second-order valence-electron chi connectivity index (χ2n) is 6.30. The first-order chi connectivity index (χ1) is 8.70. The van der Waals surface area contributed by atoms with E-state index >= 15 is 0 Å². The summed E-state index contributed by atoms with van der Waals surface area (Å²) >= 11 is 0. The van der Waals surface area contributed by atoms with Gasteiger partial charge >= 0.3 is 0 Å². The number of piperazine rings is 1. The van der Waals surface area contributed by atoms with Crippen LogP contribution in [0.3, 0.4) is 0 Å². The van der Waals surface area contributed by atoms with Gasteiger partial charge in [0.15, 0.2) is 0 Å². The van der Waals surface area contributed by atoms with Gasteiger partial charge in [0.25, 0.3) is 0 Å². The van der Waals surface area contributed by atoms with Crippen molar-refractivity contribution in [2.45, 2.75) is 58.0 Å². The van der Waals surface area contributed by atoms with Gasteiger partial charge in [-0.1, -0.05) is 26.2 Å². The van der Waals surface area contributed by atoms with Crippen LogP contribution in [0.25, 0.3) is 0 Å². The van der Waals surface area contributed by atoms with Gasteiger partial charge in [-0.2, -0.15) is 0 Å². The molecule has 2 atom stereocenters. The number of rotatable bonds is 4. The Bertz CT molecular complexity index is 238. The van der Waals surface area contributed by atoms with Crippen molar-refractivity contribution in [3.05, 3.63) is 0 Å². The molecule has 18 heavy (non-hydrogen) atoms. The summed E-state index contributed by atoms with van der Waals surface area (Å²) in [6.07, 6.45) is 6.96. The van der Waals surface area contributed by atoms with E-state index in [1.807, 2.05) is 0 Å². The topological polar surface area (TPSA) is 32.5 Å². The van der Waals surface area contributed by atoms with Crippen molar-refractivity contribution in [2.24, 2.45) is 11.7 Å². The summed E-state index contributed by atoms with van der Waals surface area (Å²) in [5, 5.41) is 0. The Labute approximate surface area is 113 Å². The molecule has 0 spiro atoms. The molecule has 3 nitrogen and oxygen atoms in total. The van der Waals surface area contributed by atoms with Gasteiger partial charge in [-0.25, -0.2) is 0 Å². The van der Waals surface area contributed by atoms with E-state index in [2.05, 4.69) is 23.6 Å². The number of hydrogen-bond acceptors (Lipinski definition) is 3. The highest BCUT2D eigenvalue weighted by molar-refractivity contribution is 4.84. The standard InChI is InChI=1S/C15H31N3/c1-3-18-10-9-17(11-13(18)2)12-15(16)14-7-5-4-6-8-14/h13-15H,3-12,16H2,1-2H3. The van der Waals surface area contributed by atoms with Gasteiger partial charge in [0, 0.05) is 38.3 Å². The quantitative estimate of drug-likeness (QED) is 0.831. The molecule has 2 rings (SSSR count). The second kappa shape index (κ2) is 6.88. The van der Waals surface area contributed by atoms with Crippen LogP contribution in [-0.4, -0.2) is 54.6 Å². The van der Waals surface area contributed by atoms with E-state index in [0.717, 1.165) is 12.5 Å². The summed E-state index contributed by atoms with van der Waals surface area (Å²) < 4.78 is 0. The molecular weight excluding hydrogens is 222 g/mol. The Kier molecular flexibility index (Phi) is 5.46. The zero-order valence-electron chi connectivity index (χ0n) is 12.3. The Balaban J connectivity index is 1.75. The van der Waals surface area contributed by atoms with Crippen LogP contribution in [0.2, 0.25) is 0 Å². The van der Waals surface area contributed by atoms with Crippen molar-refractivity contribution in [1.29, 1.82) is 0 Å². The lowest BCUT2D eigenvalue weighted by molar-refractivity contribution is 0.0770. The van der Waals surface area contributed by atoms with Crippen LogP contribution >= 0.6 is 0 Å². The maximum atomic E-state index is 6.44. The average molecular weight is 253 g/mol. The van der Waals surface area contributed by atoms with E-state index in [0.29, 0.717) is 12.1 Å². The molecule has 1 aliphatic heterocycles. The lowest BCUT2D eigenvalue weighted by Gasteiger charge is -2.41. The molecule has 106 valence electrons. The molecule has 2 N–H and O–H groups in total. The van der Waals surface area contributed by atoms with Crippen LogP contribution in [0.15, 0.2) is 0 Å². The number of hydrogen-bond donors (Lipinski definition) is 1. The van der Waals surface area contributed by atoms with E-state index in [1.54, 1.807) is 0 Å². The van der Waals surface area contributed by atoms with Gasteiger partial charge in [-0.15, -0.1) is 0 Å². The van der Waals surface area contributed by atoms with Crippen LogP contribution in [0.5, 0.6) is 0 Å². The normalized spacial score (nSPS) is 30.5. The smallest absolute Gasteiger partial charge is 0.0196 e. The predicted molar refractivity (Wildman–Crippen MR) is 77.7 cm³/mol. The zero-order chi connectivity index (χ0) is 13.0. The molecule has 1 saturated heterocycles. The summed E-state index contributed by atoms with van der Waals surface area (Å²) in [6.45, 7) is 10.5. The van der Waals surface area contributed by atoms with Crippen molar-refractivity contribution < 1.29 is 0 Å².